The number of fused-ring (bicyclic) bond motifs is 1. The Morgan fingerprint density at radius 3 is 2.63 bits per heavy atom. The number of aromatic nitrogens is 1. The second-order valence-corrected chi connectivity index (χ2v) is 6.98. The molecule has 3 aromatic rings. The van der Waals surface area contributed by atoms with Crippen LogP contribution in [-0.2, 0) is 6.42 Å². The number of methoxy groups -OCH3 is 1. The fourth-order valence-corrected chi connectivity index (χ4v) is 3.40. The number of rotatable bonds is 8. The van der Waals surface area contributed by atoms with Gasteiger partial charge in [0.05, 0.1) is 13.7 Å². The zero-order valence-corrected chi connectivity index (χ0v) is 16.7. The van der Waals surface area contributed by atoms with Crippen LogP contribution in [0.5, 0.6) is 11.5 Å². The molecule has 1 heterocycles. The maximum atomic E-state index is 12.4. The van der Waals surface area contributed by atoms with Crippen LogP contribution in [0.3, 0.4) is 0 Å². The number of hydrogen-bond acceptors (Lipinski definition) is 4. The molecule has 0 fully saturated rings. The average molecular weight is 405 g/mol. The highest BCUT2D eigenvalue weighted by Gasteiger charge is 2.17. The van der Waals surface area contributed by atoms with Gasteiger partial charge < -0.3 is 14.5 Å². The van der Waals surface area contributed by atoms with E-state index in [2.05, 4.69) is 9.71 Å². The van der Waals surface area contributed by atoms with E-state index < -0.39 is 0 Å². The summed E-state index contributed by atoms with van der Waals surface area (Å²) in [6.07, 6.45) is 3.32. The van der Waals surface area contributed by atoms with Crippen LogP contribution in [-0.4, -0.2) is 30.9 Å². The van der Waals surface area contributed by atoms with Gasteiger partial charge in [-0.2, -0.15) is 0 Å². The summed E-state index contributed by atoms with van der Waals surface area (Å²) >= 11 is 7.36. The molecule has 0 spiro atoms. The summed E-state index contributed by atoms with van der Waals surface area (Å²) < 4.78 is 13.7. The minimum absolute atomic E-state index is 0.138. The van der Waals surface area contributed by atoms with Crippen molar-refractivity contribution < 1.29 is 14.3 Å². The molecule has 0 bridgehead atoms. The van der Waals surface area contributed by atoms with Gasteiger partial charge in [-0.05, 0) is 54.8 Å². The summed E-state index contributed by atoms with van der Waals surface area (Å²) in [5.41, 5.74) is 2.41. The summed E-state index contributed by atoms with van der Waals surface area (Å²) in [6, 6.07) is 13.1. The van der Waals surface area contributed by atoms with Gasteiger partial charge in [0, 0.05) is 22.2 Å². The molecule has 2 N–H and O–H groups in total. The van der Waals surface area contributed by atoms with E-state index in [4.69, 9.17) is 21.1 Å². The Kier molecular flexibility index (Phi) is 6.53. The Balaban J connectivity index is 1.70. The van der Waals surface area contributed by atoms with Crippen LogP contribution in [0.4, 0.5) is 0 Å². The molecule has 27 heavy (non-hydrogen) atoms. The maximum absolute atomic E-state index is 12.4. The highest BCUT2D eigenvalue weighted by Crippen LogP contribution is 2.27. The van der Waals surface area contributed by atoms with E-state index in [0.29, 0.717) is 17.3 Å². The molecule has 1 amide bonds. The van der Waals surface area contributed by atoms with Crippen molar-refractivity contribution in [3.8, 4) is 11.5 Å². The van der Waals surface area contributed by atoms with Crippen LogP contribution < -0.4 is 14.2 Å². The Labute approximate surface area is 167 Å². The molecule has 3 rings (SSSR count). The lowest BCUT2D eigenvalue weighted by atomic mass is 10.1. The molecule has 0 saturated carbocycles. The predicted octanol–water partition coefficient (Wildman–Crippen LogP) is 4.85. The first kappa shape index (κ1) is 19.5. The second kappa shape index (κ2) is 9.06. The molecule has 0 atom stereocenters. The number of halogens is 1. The van der Waals surface area contributed by atoms with E-state index >= 15 is 0 Å². The van der Waals surface area contributed by atoms with Crippen LogP contribution in [0.1, 0.15) is 22.5 Å². The standard InChI is InChI=1S/C20H21ClN2O3S/c1-25-14-6-8-15(9-7-14)26-11-3-4-17-16-10-5-13(21)12-18(16)22-19(17)20(24)23-27-2/h5-10,12,22H,3-4,11H2,1-2H3,(H,23,24). The largest absolute Gasteiger partial charge is 0.497 e. The number of benzene rings is 2. The lowest BCUT2D eigenvalue weighted by Crippen LogP contribution is -2.17. The lowest BCUT2D eigenvalue weighted by molar-refractivity contribution is 0.0979. The van der Waals surface area contributed by atoms with Crippen molar-refractivity contribution in [1.29, 1.82) is 0 Å². The summed E-state index contributed by atoms with van der Waals surface area (Å²) in [5.74, 6) is 1.45. The summed E-state index contributed by atoms with van der Waals surface area (Å²) in [6.45, 7) is 0.552. The number of aromatic amines is 1. The SMILES string of the molecule is COc1ccc(OCCCc2c(C(=O)NSC)[nH]c3cc(Cl)ccc23)cc1. The predicted molar refractivity (Wildman–Crippen MR) is 111 cm³/mol. The number of nitrogens with one attached hydrogen (secondary N) is 2. The van der Waals surface area contributed by atoms with Gasteiger partial charge in [-0.3, -0.25) is 9.52 Å². The van der Waals surface area contributed by atoms with Crippen molar-refractivity contribution in [2.45, 2.75) is 12.8 Å². The monoisotopic (exact) mass is 404 g/mol. The molecule has 2 aromatic carbocycles. The van der Waals surface area contributed by atoms with Gasteiger partial charge in [-0.15, -0.1) is 0 Å². The third-order valence-electron chi connectivity index (χ3n) is 4.19. The fraction of sp³-hybridized carbons (Fsp3) is 0.250. The molecule has 7 heteroatoms. The molecular weight excluding hydrogens is 384 g/mol. The van der Waals surface area contributed by atoms with Crippen LogP contribution in [0, 0.1) is 0 Å². The molecule has 0 aliphatic heterocycles. The molecule has 0 radical (unpaired) electrons. The number of hydrogen-bond donors (Lipinski definition) is 2. The average Bonchev–Trinajstić information content (AvgIpc) is 3.03. The van der Waals surface area contributed by atoms with E-state index in [-0.39, 0.29) is 5.91 Å². The van der Waals surface area contributed by atoms with Crippen molar-refractivity contribution in [3.05, 3.63) is 58.7 Å². The first-order valence-corrected chi connectivity index (χ1v) is 10.1. The minimum Gasteiger partial charge on any atom is -0.497 e. The third kappa shape index (κ3) is 4.70. The van der Waals surface area contributed by atoms with E-state index in [0.717, 1.165) is 40.8 Å². The van der Waals surface area contributed by atoms with Gasteiger partial charge in [0.15, 0.2) is 0 Å². The highest BCUT2D eigenvalue weighted by molar-refractivity contribution is 7.97. The normalized spacial score (nSPS) is 10.8. The third-order valence-corrected chi connectivity index (χ3v) is 4.81. The molecule has 0 unspecified atom stereocenters. The van der Waals surface area contributed by atoms with E-state index in [1.807, 2.05) is 48.7 Å². The number of carbonyl (C=O) groups is 1. The van der Waals surface area contributed by atoms with Crippen LogP contribution >= 0.6 is 23.5 Å². The Bertz CT molecular complexity index is 925. The highest BCUT2D eigenvalue weighted by atomic mass is 35.5. The summed E-state index contributed by atoms with van der Waals surface area (Å²) in [5, 5.41) is 1.64. The van der Waals surface area contributed by atoms with Crippen molar-refractivity contribution >= 4 is 40.4 Å². The molecular formula is C20H21ClN2O3S. The number of aryl methyl sites for hydroxylation is 1. The first-order valence-electron chi connectivity index (χ1n) is 8.52. The van der Waals surface area contributed by atoms with Gasteiger partial charge >= 0.3 is 0 Å². The zero-order chi connectivity index (χ0) is 19.2. The van der Waals surface area contributed by atoms with Gasteiger partial charge in [-0.1, -0.05) is 29.6 Å². The number of carbonyl (C=O) groups excluding carboxylic acids is 1. The number of ether oxygens (including phenoxy) is 2. The molecule has 0 aliphatic carbocycles. The fourth-order valence-electron chi connectivity index (χ4n) is 2.94. The Morgan fingerprint density at radius 1 is 1.19 bits per heavy atom. The second-order valence-electron chi connectivity index (χ2n) is 5.93. The van der Waals surface area contributed by atoms with Crippen molar-refractivity contribution in [2.75, 3.05) is 20.0 Å². The topological polar surface area (TPSA) is 63.4 Å². The summed E-state index contributed by atoms with van der Waals surface area (Å²) in [7, 11) is 1.63. The van der Waals surface area contributed by atoms with Crippen molar-refractivity contribution in [3.63, 3.8) is 0 Å². The minimum atomic E-state index is -0.138. The smallest absolute Gasteiger partial charge is 0.277 e. The van der Waals surface area contributed by atoms with Crippen LogP contribution in [0.25, 0.3) is 10.9 Å². The quantitative estimate of drug-likeness (QED) is 0.416. The van der Waals surface area contributed by atoms with Crippen molar-refractivity contribution in [1.82, 2.24) is 9.71 Å². The summed E-state index contributed by atoms with van der Waals surface area (Å²) in [4.78, 5) is 15.6. The van der Waals surface area contributed by atoms with Gasteiger partial charge in [-0.25, -0.2) is 0 Å². The van der Waals surface area contributed by atoms with Gasteiger partial charge in [0.25, 0.3) is 5.91 Å². The zero-order valence-electron chi connectivity index (χ0n) is 15.2. The lowest BCUT2D eigenvalue weighted by Gasteiger charge is -2.08. The molecule has 1 aromatic heterocycles. The molecule has 5 nitrogen and oxygen atoms in total. The number of H-pyrrole nitrogens is 1. The van der Waals surface area contributed by atoms with Crippen LogP contribution in [0.15, 0.2) is 42.5 Å². The maximum Gasteiger partial charge on any atom is 0.277 e. The molecule has 142 valence electrons. The van der Waals surface area contributed by atoms with Gasteiger partial charge in [0.1, 0.15) is 17.2 Å². The van der Waals surface area contributed by atoms with E-state index in [1.165, 1.54) is 11.9 Å². The van der Waals surface area contributed by atoms with E-state index in [9.17, 15) is 4.79 Å². The van der Waals surface area contributed by atoms with Crippen LogP contribution in [0.2, 0.25) is 5.02 Å². The van der Waals surface area contributed by atoms with Gasteiger partial charge in [0.2, 0.25) is 0 Å². The number of amides is 1. The molecule has 0 aliphatic rings. The Morgan fingerprint density at radius 2 is 1.93 bits per heavy atom. The Hall–Kier alpha value is -2.31. The molecule has 0 saturated heterocycles. The van der Waals surface area contributed by atoms with Crippen molar-refractivity contribution in [2.24, 2.45) is 0 Å². The first-order chi connectivity index (χ1) is 13.1. The van der Waals surface area contributed by atoms with E-state index in [1.54, 1.807) is 7.11 Å².